The predicted molar refractivity (Wildman–Crippen MR) is 71.9 cm³/mol. The van der Waals surface area contributed by atoms with E-state index in [0.717, 1.165) is 12.1 Å². The van der Waals surface area contributed by atoms with Gasteiger partial charge in [-0.25, -0.2) is 13.6 Å². The minimum Gasteiger partial charge on any atom is -0.481 e. The van der Waals surface area contributed by atoms with E-state index in [0.29, 0.717) is 0 Å². The maximum atomic E-state index is 13.6. The van der Waals surface area contributed by atoms with Gasteiger partial charge in [-0.3, -0.25) is 4.79 Å². The lowest BCUT2D eigenvalue weighted by Crippen LogP contribution is -2.36. The van der Waals surface area contributed by atoms with Gasteiger partial charge in [0.1, 0.15) is 11.6 Å². The molecule has 2 amide bonds. The molecule has 5 nitrogen and oxygen atoms in total. The van der Waals surface area contributed by atoms with Gasteiger partial charge in [0.2, 0.25) is 0 Å². The molecular weight excluding hydrogens is 282 g/mol. The number of amides is 2. The molecule has 0 saturated heterocycles. The molecule has 2 rings (SSSR count). The van der Waals surface area contributed by atoms with Crippen LogP contribution in [0.1, 0.15) is 12.0 Å². The molecule has 1 aliphatic rings. The number of benzene rings is 1. The van der Waals surface area contributed by atoms with Gasteiger partial charge in [-0.05, 0) is 25.0 Å². The quantitative estimate of drug-likeness (QED) is 0.750. The Morgan fingerprint density at radius 1 is 1.24 bits per heavy atom. The number of hydrogen-bond acceptors (Lipinski definition) is 2. The number of rotatable bonds is 3. The first-order chi connectivity index (χ1) is 9.86. The van der Waals surface area contributed by atoms with Gasteiger partial charge < -0.3 is 15.7 Å². The number of nitrogens with one attached hydrogen (secondary N) is 2. The number of halogens is 2. The standard InChI is InChI=1S/C14H14F2N2O3/c1-7-4-11(16)12(6-10(7)15)18-14(21)17-9-3-2-8(5-9)13(19)20/h2-4,6,8-9H,5H2,1H3,(H,19,20)(H2,17,18,21). The first-order valence-corrected chi connectivity index (χ1v) is 6.31. The molecule has 2 unspecified atom stereocenters. The molecule has 0 saturated carbocycles. The fraction of sp³-hybridized carbons (Fsp3) is 0.286. The first-order valence-electron chi connectivity index (χ1n) is 6.31. The Morgan fingerprint density at radius 2 is 1.95 bits per heavy atom. The number of urea groups is 1. The van der Waals surface area contributed by atoms with Crippen molar-refractivity contribution in [1.82, 2.24) is 5.32 Å². The number of carboxylic acids is 1. The molecule has 0 aliphatic heterocycles. The summed E-state index contributed by atoms with van der Waals surface area (Å²) in [7, 11) is 0. The largest absolute Gasteiger partial charge is 0.481 e. The highest BCUT2D eigenvalue weighted by Crippen LogP contribution is 2.20. The van der Waals surface area contributed by atoms with Gasteiger partial charge in [0.05, 0.1) is 17.6 Å². The van der Waals surface area contributed by atoms with Crippen molar-refractivity contribution in [2.45, 2.75) is 19.4 Å². The topological polar surface area (TPSA) is 78.4 Å². The highest BCUT2D eigenvalue weighted by Gasteiger charge is 2.25. The van der Waals surface area contributed by atoms with E-state index in [2.05, 4.69) is 10.6 Å². The Kier molecular flexibility index (Phi) is 4.21. The van der Waals surface area contributed by atoms with Crippen molar-refractivity contribution in [1.29, 1.82) is 0 Å². The zero-order chi connectivity index (χ0) is 15.6. The predicted octanol–water partition coefficient (Wildman–Crippen LogP) is 2.42. The Hall–Kier alpha value is -2.44. The third-order valence-corrected chi connectivity index (χ3v) is 3.21. The van der Waals surface area contributed by atoms with Crippen molar-refractivity contribution in [3.63, 3.8) is 0 Å². The van der Waals surface area contributed by atoms with Crippen molar-refractivity contribution in [2.75, 3.05) is 5.32 Å². The molecule has 0 heterocycles. The fourth-order valence-electron chi connectivity index (χ4n) is 2.06. The van der Waals surface area contributed by atoms with E-state index in [1.807, 2.05) is 0 Å². The van der Waals surface area contributed by atoms with E-state index < -0.39 is 35.6 Å². The monoisotopic (exact) mass is 296 g/mol. The summed E-state index contributed by atoms with van der Waals surface area (Å²) in [5.41, 5.74) is -0.131. The number of hydrogen-bond donors (Lipinski definition) is 3. The molecular formula is C14H14F2N2O3. The molecule has 21 heavy (non-hydrogen) atoms. The van der Waals surface area contributed by atoms with Crippen LogP contribution in [-0.4, -0.2) is 23.1 Å². The van der Waals surface area contributed by atoms with Gasteiger partial charge in [-0.15, -0.1) is 0 Å². The summed E-state index contributed by atoms with van der Waals surface area (Å²) < 4.78 is 26.9. The molecule has 7 heteroatoms. The second-order valence-electron chi connectivity index (χ2n) is 4.85. The highest BCUT2D eigenvalue weighted by molar-refractivity contribution is 5.90. The van der Waals surface area contributed by atoms with Crippen molar-refractivity contribution >= 4 is 17.7 Å². The maximum absolute atomic E-state index is 13.6. The normalized spacial score (nSPS) is 20.3. The van der Waals surface area contributed by atoms with E-state index in [9.17, 15) is 18.4 Å². The van der Waals surface area contributed by atoms with Crippen LogP contribution in [0.3, 0.4) is 0 Å². The lowest BCUT2D eigenvalue weighted by atomic mass is 10.1. The van der Waals surface area contributed by atoms with Crippen LogP contribution in [0.2, 0.25) is 0 Å². The van der Waals surface area contributed by atoms with Crippen LogP contribution >= 0.6 is 0 Å². The average Bonchev–Trinajstić information content (AvgIpc) is 2.84. The molecule has 112 valence electrons. The number of anilines is 1. The van der Waals surface area contributed by atoms with Crippen molar-refractivity contribution in [3.8, 4) is 0 Å². The van der Waals surface area contributed by atoms with Crippen LogP contribution < -0.4 is 10.6 Å². The summed E-state index contributed by atoms with van der Waals surface area (Å²) in [6.07, 6.45) is 3.28. The zero-order valence-electron chi connectivity index (χ0n) is 11.2. The Balaban J connectivity index is 1.96. The van der Waals surface area contributed by atoms with Gasteiger partial charge in [0.25, 0.3) is 0 Å². The summed E-state index contributed by atoms with van der Waals surface area (Å²) in [4.78, 5) is 22.5. The maximum Gasteiger partial charge on any atom is 0.319 e. The van der Waals surface area contributed by atoms with Crippen molar-refractivity contribution in [3.05, 3.63) is 41.5 Å². The third-order valence-electron chi connectivity index (χ3n) is 3.21. The molecule has 0 radical (unpaired) electrons. The minimum absolute atomic E-state index is 0.140. The van der Waals surface area contributed by atoms with Gasteiger partial charge >= 0.3 is 12.0 Å². The number of carboxylic acid groups (broad SMARTS) is 1. The molecule has 0 spiro atoms. The van der Waals surface area contributed by atoms with Gasteiger partial charge in [-0.2, -0.15) is 0 Å². The van der Waals surface area contributed by atoms with Crippen LogP contribution in [0, 0.1) is 24.5 Å². The van der Waals surface area contributed by atoms with Gasteiger partial charge in [-0.1, -0.05) is 12.2 Å². The number of carbonyl (C=O) groups excluding carboxylic acids is 1. The van der Waals surface area contributed by atoms with Crippen LogP contribution in [0.4, 0.5) is 19.3 Å². The van der Waals surface area contributed by atoms with E-state index in [4.69, 9.17) is 5.11 Å². The second-order valence-corrected chi connectivity index (χ2v) is 4.85. The van der Waals surface area contributed by atoms with Crippen LogP contribution in [0.5, 0.6) is 0 Å². The Bertz CT molecular complexity index is 616. The van der Waals surface area contributed by atoms with Crippen LogP contribution in [-0.2, 0) is 4.79 Å². The van der Waals surface area contributed by atoms with Crippen LogP contribution in [0.25, 0.3) is 0 Å². The summed E-state index contributed by atoms with van der Waals surface area (Å²) in [5, 5.41) is 13.5. The minimum atomic E-state index is -0.970. The number of carbonyl (C=O) groups is 2. The summed E-state index contributed by atoms with van der Waals surface area (Å²) >= 11 is 0. The number of aryl methyl sites for hydroxylation is 1. The molecule has 0 fully saturated rings. The lowest BCUT2D eigenvalue weighted by molar-refractivity contribution is -0.140. The fourth-order valence-corrected chi connectivity index (χ4v) is 2.06. The zero-order valence-corrected chi connectivity index (χ0v) is 11.2. The van der Waals surface area contributed by atoms with Gasteiger partial charge in [0.15, 0.2) is 0 Å². The van der Waals surface area contributed by atoms with Crippen molar-refractivity contribution in [2.24, 2.45) is 5.92 Å². The first kappa shape index (κ1) is 15.0. The molecule has 0 aromatic heterocycles. The third kappa shape index (κ3) is 3.56. The second kappa shape index (κ2) is 5.90. The summed E-state index contributed by atoms with van der Waals surface area (Å²) in [5.74, 6) is -2.99. The smallest absolute Gasteiger partial charge is 0.319 e. The Labute approximate surface area is 119 Å². The molecule has 3 N–H and O–H groups in total. The molecule has 1 aromatic carbocycles. The lowest BCUT2D eigenvalue weighted by Gasteiger charge is -2.14. The summed E-state index contributed by atoms with van der Waals surface area (Å²) in [6, 6.07) is 0.706. The van der Waals surface area contributed by atoms with Gasteiger partial charge in [0, 0.05) is 6.07 Å². The molecule has 1 aromatic rings. The highest BCUT2D eigenvalue weighted by atomic mass is 19.1. The Morgan fingerprint density at radius 3 is 2.57 bits per heavy atom. The summed E-state index contributed by atoms with van der Waals surface area (Å²) in [6.45, 7) is 1.41. The van der Waals surface area contributed by atoms with E-state index >= 15 is 0 Å². The molecule has 2 atom stereocenters. The van der Waals surface area contributed by atoms with Crippen molar-refractivity contribution < 1.29 is 23.5 Å². The molecule has 0 bridgehead atoms. The van der Waals surface area contributed by atoms with E-state index in [-0.39, 0.29) is 17.7 Å². The number of aliphatic carboxylic acids is 1. The molecule has 1 aliphatic carbocycles. The van der Waals surface area contributed by atoms with Crippen LogP contribution in [0.15, 0.2) is 24.3 Å². The van der Waals surface area contributed by atoms with E-state index in [1.54, 1.807) is 6.08 Å². The van der Waals surface area contributed by atoms with E-state index in [1.165, 1.54) is 13.0 Å². The SMILES string of the molecule is Cc1cc(F)c(NC(=O)NC2C=CC(C(=O)O)C2)cc1F. The average molecular weight is 296 g/mol.